The van der Waals surface area contributed by atoms with Crippen molar-refractivity contribution in [3.63, 3.8) is 0 Å². The normalized spacial score (nSPS) is 32.7. The summed E-state index contributed by atoms with van der Waals surface area (Å²) in [5.74, 6) is -0.212. The van der Waals surface area contributed by atoms with Crippen LogP contribution in [0.5, 0.6) is 0 Å². The van der Waals surface area contributed by atoms with Crippen molar-refractivity contribution in [1.29, 1.82) is 0 Å². The van der Waals surface area contributed by atoms with Gasteiger partial charge in [-0.15, -0.1) is 0 Å². The molecular formula is C17H21NO5. The van der Waals surface area contributed by atoms with Gasteiger partial charge < -0.3 is 23.8 Å². The van der Waals surface area contributed by atoms with Gasteiger partial charge in [0.05, 0.1) is 6.61 Å². The minimum Gasteiger partial charge on any atom is -0.383 e. The Bertz CT molecular complexity index is 586. The third-order valence-electron chi connectivity index (χ3n) is 3.81. The molecule has 0 saturated carbocycles. The fraction of sp³-hybridized carbons (Fsp3) is 0.471. The predicted molar refractivity (Wildman–Crippen MR) is 82.5 cm³/mol. The first-order chi connectivity index (χ1) is 11.1. The Morgan fingerprint density at radius 2 is 1.96 bits per heavy atom. The molecule has 2 saturated heterocycles. The number of hydrogen-bond donors (Lipinski definition) is 0. The van der Waals surface area contributed by atoms with Crippen molar-refractivity contribution in [2.45, 2.75) is 24.8 Å². The number of ether oxygens (including phenoxy) is 4. The van der Waals surface area contributed by atoms with E-state index < -0.39 is 18.7 Å². The Morgan fingerprint density at radius 3 is 2.61 bits per heavy atom. The van der Waals surface area contributed by atoms with Crippen molar-refractivity contribution in [2.75, 3.05) is 27.8 Å². The second-order valence-electron chi connectivity index (χ2n) is 5.79. The molecule has 3 rings (SSSR count). The van der Waals surface area contributed by atoms with E-state index in [1.165, 1.54) is 7.11 Å². The Labute approximate surface area is 135 Å². The molecule has 0 spiro atoms. The average molecular weight is 319 g/mol. The van der Waals surface area contributed by atoms with Crippen molar-refractivity contribution in [3.8, 4) is 0 Å². The minimum absolute atomic E-state index is 0.212. The molecule has 0 aromatic heterocycles. The van der Waals surface area contributed by atoms with Crippen LogP contribution in [-0.4, -0.2) is 57.0 Å². The lowest BCUT2D eigenvalue weighted by molar-refractivity contribution is -0.288. The zero-order valence-electron chi connectivity index (χ0n) is 13.5. The van der Waals surface area contributed by atoms with Crippen molar-refractivity contribution in [3.05, 3.63) is 47.7 Å². The molecule has 0 aliphatic carbocycles. The molecule has 2 fully saturated rings. The number of hydrogen-bond acceptors (Lipinski definition) is 6. The molecule has 2 aliphatic rings. The van der Waals surface area contributed by atoms with Gasteiger partial charge in [0, 0.05) is 38.5 Å². The number of nitrogens with zero attached hydrogens (tertiary/aromatic N) is 1. The van der Waals surface area contributed by atoms with E-state index in [-0.39, 0.29) is 11.9 Å². The van der Waals surface area contributed by atoms with E-state index >= 15 is 0 Å². The van der Waals surface area contributed by atoms with Gasteiger partial charge in [-0.25, -0.2) is 0 Å². The quantitative estimate of drug-likeness (QED) is 0.787. The highest BCUT2D eigenvalue weighted by Crippen LogP contribution is 2.35. The van der Waals surface area contributed by atoms with Crippen LogP contribution >= 0.6 is 0 Å². The smallest absolute Gasteiger partial charge is 0.222 e. The summed E-state index contributed by atoms with van der Waals surface area (Å²) >= 11 is 0. The Kier molecular flexibility index (Phi) is 4.77. The van der Waals surface area contributed by atoms with Crippen molar-refractivity contribution >= 4 is 5.78 Å². The van der Waals surface area contributed by atoms with Crippen LogP contribution in [0.3, 0.4) is 0 Å². The topological polar surface area (TPSA) is 57.2 Å². The standard InChI is InChI=1S/C17H21NO5/c1-18(2)9-12-14(19)17(20-3)22-13-10-21-16(23-15(12)13)11-7-5-4-6-8-11/h4-9,13,15-17H,10H2,1-3H3/b12-9-/t13-,15+,16-,17+/m1/s1. The van der Waals surface area contributed by atoms with Gasteiger partial charge in [0.15, 0.2) is 6.29 Å². The number of ketones is 1. The molecule has 23 heavy (non-hydrogen) atoms. The molecule has 6 heteroatoms. The maximum absolute atomic E-state index is 12.5. The van der Waals surface area contributed by atoms with Gasteiger partial charge in [0.2, 0.25) is 12.1 Å². The van der Waals surface area contributed by atoms with Crippen LogP contribution in [0.15, 0.2) is 42.1 Å². The number of rotatable bonds is 3. The molecule has 4 atom stereocenters. The Balaban J connectivity index is 1.87. The highest BCUT2D eigenvalue weighted by atomic mass is 16.7. The molecule has 2 aliphatic heterocycles. The largest absolute Gasteiger partial charge is 0.383 e. The number of methoxy groups -OCH3 is 1. The molecule has 1 aromatic carbocycles. The van der Waals surface area contributed by atoms with E-state index in [0.717, 1.165) is 5.56 Å². The first-order valence-electron chi connectivity index (χ1n) is 7.52. The van der Waals surface area contributed by atoms with E-state index in [1.54, 1.807) is 6.20 Å². The SMILES string of the molecule is CO[C@H]1O[C@@H]2CO[C@@H](c3ccccc3)O[C@H]2/C(=C\N(C)C)C1=O. The summed E-state index contributed by atoms with van der Waals surface area (Å²) in [4.78, 5) is 14.3. The number of carbonyl (C=O) groups is 1. The average Bonchev–Trinajstić information content (AvgIpc) is 2.57. The molecule has 6 nitrogen and oxygen atoms in total. The molecule has 0 amide bonds. The molecule has 0 bridgehead atoms. The summed E-state index contributed by atoms with van der Waals surface area (Å²) < 4.78 is 22.6. The first-order valence-corrected chi connectivity index (χ1v) is 7.52. The van der Waals surface area contributed by atoms with E-state index in [4.69, 9.17) is 18.9 Å². The van der Waals surface area contributed by atoms with Crippen LogP contribution in [0.2, 0.25) is 0 Å². The fourth-order valence-corrected chi connectivity index (χ4v) is 2.77. The van der Waals surface area contributed by atoms with E-state index in [2.05, 4.69) is 0 Å². The second kappa shape index (κ2) is 6.80. The Hall–Kier alpha value is -1.73. The number of carbonyl (C=O) groups excluding carboxylic acids is 1. The third kappa shape index (κ3) is 3.30. The van der Waals surface area contributed by atoms with Crippen LogP contribution in [0.1, 0.15) is 11.9 Å². The van der Waals surface area contributed by atoms with Crippen molar-refractivity contribution < 1.29 is 23.7 Å². The van der Waals surface area contributed by atoms with Crippen molar-refractivity contribution in [2.24, 2.45) is 0 Å². The van der Waals surface area contributed by atoms with Crippen LogP contribution in [-0.2, 0) is 23.7 Å². The van der Waals surface area contributed by atoms with Gasteiger partial charge in [0.1, 0.15) is 12.2 Å². The summed E-state index contributed by atoms with van der Waals surface area (Å²) in [6, 6.07) is 9.65. The molecule has 124 valence electrons. The summed E-state index contributed by atoms with van der Waals surface area (Å²) in [6.07, 6.45) is -0.512. The maximum atomic E-state index is 12.5. The first kappa shape index (κ1) is 16.1. The molecule has 0 unspecified atom stereocenters. The van der Waals surface area contributed by atoms with Gasteiger partial charge in [0.25, 0.3) is 0 Å². The van der Waals surface area contributed by atoms with Gasteiger partial charge >= 0.3 is 0 Å². The summed E-state index contributed by atoms with van der Waals surface area (Å²) in [5.41, 5.74) is 1.46. The second-order valence-corrected chi connectivity index (χ2v) is 5.79. The number of benzene rings is 1. The Morgan fingerprint density at radius 1 is 1.22 bits per heavy atom. The summed E-state index contributed by atoms with van der Waals surface area (Å²) in [7, 11) is 5.18. The highest BCUT2D eigenvalue weighted by Gasteiger charge is 2.46. The molecule has 2 heterocycles. The van der Waals surface area contributed by atoms with Crippen LogP contribution < -0.4 is 0 Å². The molecule has 1 aromatic rings. The predicted octanol–water partition coefficient (Wildman–Crippen LogP) is 1.49. The third-order valence-corrected chi connectivity index (χ3v) is 3.81. The van der Waals surface area contributed by atoms with E-state index in [1.807, 2.05) is 49.3 Å². The van der Waals surface area contributed by atoms with Gasteiger partial charge in [-0.3, -0.25) is 4.79 Å². The van der Waals surface area contributed by atoms with Crippen LogP contribution in [0.25, 0.3) is 0 Å². The van der Waals surface area contributed by atoms with Gasteiger partial charge in [-0.1, -0.05) is 30.3 Å². The lowest BCUT2D eigenvalue weighted by atomic mass is 9.96. The molecular weight excluding hydrogens is 298 g/mol. The van der Waals surface area contributed by atoms with E-state index in [0.29, 0.717) is 12.2 Å². The number of fused-ring (bicyclic) bond motifs is 1. The monoisotopic (exact) mass is 319 g/mol. The number of Topliss-reactive ketones (excluding diaryl/α,β-unsaturated/α-hetero) is 1. The van der Waals surface area contributed by atoms with Gasteiger partial charge in [-0.2, -0.15) is 0 Å². The van der Waals surface area contributed by atoms with Gasteiger partial charge in [-0.05, 0) is 0 Å². The van der Waals surface area contributed by atoms with Crippen LogP contribution in [0, 0.1) is 0 Å². The fourth-order valence-electron chi connectivity index (χ4n) is 2.77. The summed E-state index contributed by atoms with van der Waals surface area (Å²) in [5, 5.41) is 0. The zero-order chi connectivity index (χ0) is 16.4. The van der Waals surface area contributed by atoms with Crippen LogP contribution in [0.4, 0.5) is 0 Å². The molecule has 0 radical (unpaired) electrons. The van der Waals surface area contributed by atoms with Crippen molar-refractivity contribution in [1.82, 2.24) is 4.90 Å². The maximum Gasteiger partial charge on any atom is 0.222 e. The highest BCUT2D eigenvalue weighted by molar-refractivity contribution is 5.99. The summed E-state index contributed by atoms with van der Waals surface area (Å²) in [6.45, 7) is 0.335. The lowest BCUT2D eigenvalue weighted by Crippen LogP contribution is -2.53. The minimum atomic E-state index is -0.914. The van der Waals surface area contributed by atoms with E-state index in [9.17, 15) is 4.79 Å². The lowest BCUT2D eigenvalue weighted by Gasteiger charge is -2.42. The molecule has 0 N–H and O–H groups in total. The zero-order valence-corrected chi connectivity index (χ0v) is 13.5.